The van der Waals surface area contributed by atoms with Gasteiger partial charge in [0.05, 0.1) is 11.1 Å². The quantitative estimate of drug-likeness (QED) is 0.916. The molecule has 0 spiro atoms. The SMILES string of the molecule is OC(Cc1cc(Cl)ccc1Cl)c1ccncc1Cl. The second-order valence-electron chi connectivity index (χ2n) is 3.85. The van der Waals surface area contributed by atoms with Crippen LogP contribution >= 0.6 is 34.8 Å². The third kappa shape index (κ3) is 3.15. The van der Waals surface area contributed by atoms with Crippen molar-refractivity contribution in [3.63, 3.8) is 0 Å². The van der Waals surface area contributed by atoms with Crippen molar-refractivity contribution in [3.8, 4) is 0 Å². The van der Waals surface area contributed by atoms with E-state index < -0.39 is 6.10 Å². The van der Waals surface area contributed by atoms with E-state index in [1.165, 1.54) is 6.20 Å². The Bertz CT molecular complexity index is 560. The van der Waals surface area contributed by atoms with E-state index in [-0.39, 0.29) is 0 Å². The molecule has 1 heterocycles. The number of aliphatic hydroxyl groups excluding tert-OH is 1. The predicted molar refractivity (Wildman–Crippen MR) is 74.4 cm³/mol. The standard InChI is InChI=1S/C13H10Cl3NO/c14-9-1-2-11(15)8(5-9)6-13(18)10-3-4-17-7-12(10)16/h1-5,7,13,18H,6H2. The smallest absolute Gasteiger partial charge is 0.0846 e. The minimum absolute atomic E-state index is 0.350. The number of nitrogens with zero attached hydrogens (tertiary/aromatic N) is 1. The Hall–Kier alpha value is -0.800. The van der Waals surface area contributed by atoms with Gasteiger partial charge < -0.3 is 5.11 Å². The fourth-order valence-corrected chi connectivity index (χ4v) is 2.31. The zero-order chi connectivity index (χ0) is 13.1. The highest BCUT2D eigenvalue weighted by molar-refractivity contribution is 6.33. The van der Waals surface area contributed by atoms with E-state index in [0.717, 1.165) is 5.56 Å². The van der Waals surface area contributed by atoms with E-state index in [1.54, 1.807) is 30.5 Å². The maximum absolute atomic E-state index is 10.2. The minimum atomic E-state index is -0.739. The van der Waals surface area contributed by atoms with Crippen molar-refractivity contribution in [2.45, 2.75) is 12.5 Å². The molecule has 0 amide bonds. The lowest BCUT2D eigenvalue weighted by Gasteiger charge is -2.13. The molecule has 0 saturated carbocycles. The van der Waals surface area contributed by atoms with Crippen LogP contribution in [-0.4, -0.2) is 10.1 Å². The zero-order valence-corrected chi connectivity index (χ0v) is 11.5. The van der Waals surface area contributed by atoms with Crippen LogP contribution in [0.1, 0.15) is 17.2 Å². The number of halogens is 3. The largest absolute Gasteiger partial charge is 0.388 e. The molecule has 0 fully saturated rings. The molecule has 1 unspecified atom stereocenters. The van der Waals surface area contributed by atoms with Gasteiger partial charge in [-0.15, -0.1) is 0 Å². The van der Waals surface area contributed by atoms with Gasteiger partial charge in [0.1, 0.15) is 0 Å². The fraction of sp³-hybridized carbons (Fsp3) is 0.154. The lowest BCUT2D eigenvalue weighted by molar-refractivity contribution is 0.178. The first kappa shape index (κ1) is 13.6. The van der Waals surface area contributed by atoms with Gasteiger partial charge in [-0.25, -0.2) is 0 Å². The summed E-state index contributed by atoms with van der Waals surface area (Å²) >= 11 is 17.9. The Balaban J connectivity index is 2.24. The van der Waals surface area contributed by atoms with Crippen LogP contribution in [0.15, 0.2) is 36.7 Å². The van der Waals surface area contributed by atoms with Crippen LogP contribution in [-0.2, 0) is 6.42 Å². The molecule has 2 nitrogen and oxygen atoms in total. The minimum Gasteiger partial charge on any atom is -0.388 e. The van der Waals surface area contributed by atoms with Crippen LogP contribution in [0.2, 0.25) is 15.1 Å². The average molecular weight is 303 g/mol. The Kier molecular flexibility index (Phi) is 4.46. The van der Waals surface area contributed by atoms with Crippen molar-refractivity contribution >= 4 is 34.8 Å². The molecule has 0 aliphatic rings. The summed E-state index contributed by atoms with van der Waals surface area (Å²) in [6.45, 7) is 0. The first-order valence-corrected chi connectivity index (χ1v) is 6.42. The molecule has 0 saturated heterocycles. The lowest BCUT2D eigenvalue weighted by Crippen LogP contribution is -2.03. The normalized spacial score (nSPS) is 12.4. The van der Waals surface area contributed by atoms with E-state index in [2.05, 4.69) is 4.98 Å². The molecule has 1 aromatic carbocycles. The number of benzene rings is 1. The van der Waals surface area contributed by atoms with Gasteiger partial charge in [0.15, 0.2) is 0 Å². The Morgan fingerprint density at radius 1 is 1.11 bits per heavy atom. The fourth-order valence-electron chi connectivity index (χ4n) is 1.67. The second kappa shape index (κ2) is 5.89. The van der Waals surface area contributed by atoms with Gasteiger partial charge in [-0.1, -0.05) is 34.8 Å². The highest BCUT2D eigenvalue weighted by atomic mass is 35.5. The van der Waals surface area contributed by atoms with Crippen LogP contribution in [0.4, 0.5) is 0 Å². The maximum Gasteiger partial charge on any atom is 0.0846 e. The van der Waals surface area contributed by atoms with Gasteiger partial charge in [0.2, 0.25) is 0 Å². The van der Waals surface area contributed by atoms with Crippen LogP contribution in [0.25, 0.3) is 0 Å². The number of hydrogen-bond acceptors (Lipinski definition) is 2. The van der Waals surface area contributed by atoms with Crippen LogP contribution in [0.5, 0.6) is 0 Å². The molecular weight excluding hydrogens is 293 g/mol. The summed E-state index contributed by atoms with van der Waals surface area (Å²) in [4.78, 5) is 3.88. The molecule has 18 heavy (non-hydrogen) atoms. The number of pyridine rings is 1. The first-order chi connectivity index (χ1) is 8.58. The summed E-state index contributed by atoms with van der Waals surface area (Å²) in [6, 6.07) is 6.84. The summed E-state index contributed by atoms with van der Waals surface area (Å²) in [5, 5.41) is 11.7. The summed E-state index contributed by atoms with van der Waals surface area (Å²) < 4.78 is 0. The highest BCUT2D eigenvalue weighted by Gasteiger charge is 2.14. The van der Waals surface area contributed by atoms with Gasteiger partial charge in [-0.3, -0.25) is 4.98 Å². The summed E-state index contributed by atoms with van der Waals surface area (Å²) in [5.74, 6) is 0. The predicted octanol–water partition coefficient (Wildman–Crippen LogP) is 4.32. The summed E-state index contributed by atoms with van der Waals surface area (Å²) in [5.41, 5.74) is 1.41. The monoisotopic (exact) mass is 301 g/mol. The van der Waals surface area contributed by atoms with Gasteiger partial charge in [-0.05, 0) is 29.8 Å². The first-order valence-electron chi connectivity index (χ1n) is 5.29. The molecule has 0 bridgehead atoms. The van der Waals surface area contributed by atoms with Gasteiger partial charge >= 0.3 is 0 Å². The third-order valence-corrected chi connectivity index (χ3v) is 3.50. The third-order valence-electron chi connectivity index (χ3n) is 2.58. The van der Waals surface area contributed by atoms with Gasteiger partial charge in [0.25, 0.3) is 0 Å². The molecule has 5 heteroatoms. The van der Waals surface area contributed by atoms with Crippen LogP contribution in [0.3, 0.4) is 0 Å². The van der Waals surface area contributed by atoms with E-state index in [4.69, 9.17) is 34.8 Å². The van der Waals surface area contributed by atoms with Crippen molar-refractivity contribution in [1.82, 2.24) is 4.98 Å². The van der Waals surface area contributed by atoms with E-state index in [1.807, 2.05) is 0 Å². The summed E-state index contributed by atoms with van der Waals surface area (Å²) in [7, 11) is 0. The van der Waals surface area contributed by atoms with Crippen molar-refractivity contribution in [2.24, 2.45) is 0 Å². The Labute approximate surface area is 120 Å². The van der Waals surface area contributed by atoms with Gasteiger partial charge in [-0.2, -0.15) is 0 Å². The van der Waals surface area contributed by atoms with Crippen molar-refractivity contribution in [2.75, 3.05) is 0 Å². The average Bonchev–Trinajstić information content (AvgIpc) is 2.34. The molecule has 1 aromatic heterocycles. The van der Waals surface area contributed by atoms with Gasteiger partial charge in [0, 0.05) is 34.4 Å². The molecule has 1 N–H and O–H groups in total. The zero-order valence-electron chi connectivity index (χ0n) is 9.28. The lowest BCUT2D eigenvalue weighted by atomic mass is 10.0. The van der Waals surface area contributed by atoms with E-state index in [9.17, 15) is 5.11 Å². The summed E-state index contributed by atoms with van der Waals surface area (Å²) in [6.07, 6.45) is 2.70. The van der Waals surface area contributed by atoms with E-state index >= 15 is 0 Å². The number of hydrogen-bond donors (Lipinski definition) is 1. The molecule has 2 rings (SSSR count). The van der Waals surface area contributed by atoms with Crippen molar-refractivity contribution < 1.29 is 5.11 Å². The molecular formula is C13H10Cl3NO. The number of aromatic nitrogens is 1. The molecule has 0 aliphatic heterocycles. The topological polar surface area (TPSA) is 33.1 Å². The molecule has 0 aliphatic carbocycles. The van der Waals surface area contributed by atoms with Crippen LogP contribution < -0.4 is 0 Å². The van der Waals surface area contributed by atoms with Crippen molar-refractivity contribution in [1.29, 1.82) is 0 Å². The molecule has 0 radical (unpaired) electrons. The number of aliphatic hydroxyl groups is 1. The molecule has 94 valence electrons. The van der Waals surface area contributed by atoms with Crippen LogP contribution in [0, 0.1) is 0 Å². The molecule has 1 atom stereocenters. The second-order valence-corrected chi connectivity index (χ2v) is 5.10. The Morgan fingerprint density at radius 3 is 2.61 bits per heavy atom. The maximum atomic E-state index is 10.2. The highest BCUT2D eigenvalue weighted by Crippen LogP contribution is 2.28. The molecule has 2 aromatic rings. The van der Waals surface area contributed by atoms with E-state index in [0.29, 0.717) is 27.1 Å². The Morgan fingerprint density at radius 2 is 1.89 bits per heavy atom. The number of rotatable bonds is 3. The van der Waals surface area contributed by atoms with Crippen molar-refractivity contribution in [3.05, 3.63) is 62.9 Å².